The molecule has 0 aromatic heterocycles. The molecule has 0 bridgehead atoms. The van der Waals surface area contributed by atoms with Crippen molar-refractivity contribution >= 4 is 32.6 Å². The van der Waals surface area contributed by atoms with Crippen LogP contribution in [0.5, 0.6) is 0 Å². The highest BCUT2D eigenvalue weighted by Gasteiger charge is 2.33. The molecule has 0 spiro atoms. The molecule has 0 heterocycles. The lowest BCUT2D eigenvalue weighted by Gasteiger charge is -2.32. The minimum Gasteiger partial charge on any atom is -0.355 e. The molecule has 1 atom stereocenters. The number of benzene rings is 4. The molecule has 4 rings (SSSR count). The van der Waals surface area contributed by atoms with Crippen LogP contribution in [-0.4, -0.2) is 55.6 Å². The van der Waals surface area contributed by atoms with Gasteiger partial charge in [0.2, 0.25) is 21.8 Å². The summed E-state index contributed by atoms with van der Waals surface area (Å²) in [7, 11) is -2.67. The summed E-state index contributed by atoms with van der Waals surface area (Å²) in [6.45, 7) is 1.66. The first-order valence-electron chi connectivity index (χ1n) is 13.0. The van der Waals surface area contributed by atoms with E-state index in [4.69, 9.17) is 0 Å². The monoisotopic (exact) mass is 561 g/mol. The van der Waals surface area contributed by atoms with Crippen molar-refractivity contribution in [3.63, 3.8) is 0 Å². The van der Waals surface area contributed by atoms with Crippen molar-refractivity contribution in [3.8, 4) is 0 Å². The van der Waals surface area contributed by atoms with Crippen LogP contribution in [-0.2, 0) is 32.6 Å². The van der Waals surface area contributed by atoms with Crippen LogP contribution in [0.15, 0.2) is 102 Å². The molecule has 0 radical (unpaired) electrons. The van der Waals surface area contributed by atoms with Crippen LogP contribution in [0, 0.1) is 5.82 Å². The van der Waals surface area contributed by atoms with E-state index in [0.717, 1.165) is 20.6 Å². The quantitative estimate of drug-likeness (QED) is 0.295. The molecule has 7 nitrogen and oxygen atoms in total. The smallest absolute Gasteiger partial charge is 0.243 e. The third-order valence-corrected chi connectivity index (χ3v) is 8.47. The Morgan fingerprint density at radius 1 is 0.850 bits per heavy atom. The molecule has 40 heavy (non-hydrogen) atoms. The predicted molar refractivity (Wildman–Crippen MR) is 153 cm³/mol. The number of nitrogens with one attached hydrogen (secondary N) is 1. The summed E-state index contributed by atoms with van der Waals surface area (Å²) >= 11 is 0. The number of carbonyl (C=O) groups excluding carboxylic acids is 2. The van der Waals surface area contributed by atoms with Gasteiger partial charge in [-0.3, -0.25) is 9.59 Å². The standard InChI is InChI=1S/C31H32FN3O4S/c1-3-33-31(37)29(19-23-9-5-4-6-10-23)35(21-24-13-16-27(32)17-14-24)30(36)22-34(2)40(38,39)28-18-15-25-11-7-8-12-26(25)20-28/h4-18,20,29H,3,19,21-22H2,1-2H3,(H,33,37). The second-order valence-corrected chi connectivity index (χ2v) is 11.6. The molecule has 0 aliphatic heterocycles. The fourth-order valence-electron chi connectivity index (χ4n) is 4.51. The highest BCUT2D eigenvalue weighted by molar-refractivity contribution is 7.89. The van der Waals surface area contributed by atoms with Crippen LogP contribution < -0.4 is 5.32 Å². The molecule has 0 fully saturated rings. The second-order valence-electron chi connectivity index (χ2n) is 9.52. The first-order valence-corrected chi connectivity index (χ1v) is 14.4. The van der Waals surface area contributed by atoms with Gasteiger partial charge in [0.1, 0.15) is 11.9 Å². The summed E-state index contributed by atoms with van der Waals surface area (Å²) in [5, 5.41) is 4.46. The Kier molecular flexibility index (Phi) is 9.29. The van der Waals surface area contributed by atoms with E-state index >= 15 is 0 Å². The van der Waals surface area contributed by atoms with E-state index in [9.17, 15) is 22.4 Å². The van der Waals surface area contributed by atoms with Crippen LogP contribution >= 0.6 is 0 Å². The van der Waals surface area contributed by atoms with Crippen LogP contribution in [0.25, 0.3) is 10.8 Å². The summed E-state index contributed by atoms with van der Waals surface area (Å²) in [6.07, 6.45) is 0.223. The number of rotatable bonds is 11. The maximum Gasteiger partial charge on any atom is 0.243 e. The Bertz CT molecular complexity index is 1580. The number of amides is 2. The third kappa shape index (κ3) is 6.91. The Morgan fingerprint density at radius 2 is 1.50 bits per heavy atom. The lowest BCUT2D eigenvalue weighted by molar-refractivity contribution is -0.141. The van der Waals surface area contributed by atoms with Crippen molar-refractivity contribution in [2.75, 3.05) is 20.1 Å². The van der Waals surface area contributed by atoms with Crippen molar-refractivity contribution in [1.29, 1.82) is 0 Å². The molecular formula is C31H32FN3O4S. The largest absolute Gasteiger partial charge is 0.355 e. The van der Waals surface area contributed by atoms with E-state index < -0.39 is 34.3 Å². The highest BCUT2D eigenvalue weighted by Crippen LogP contribution is 2.22. The van der Waals surface area contributed by atoms with Gasteiger partial charge in [-0.15, -0.1) is 0 Å². The first-order chi connectivity index (χ1) is 19.2. The van der Waals surface area contributed by atoms with E-state index in [0.29, 0.717) is 12.1 Å². The number of halogens is 1. The maximum absolute atomic E-state index is 13.8. The summed E-state index contributed by atoms with van der Waals surface area (Å²) < 4.78 is 41.5. The molecule has 4 aromatic carbocycles. The van der Waals surface area contributed by atoms with Gasteiger partial charge >= 0.3 is 0 Å². The zero-order chi connectivity index (χ0) is 28.7. The summed E-state index contributed by atoms with van der Waals surface area (Å²) in [5.41, 5.74) is 1.45. The Balaban J connectivity index is 1.65. The maximum atomic E-state index is 13.8. The fourth-order valence-corrected chi connectivity index (χ4v) is 5.66. The number of nitrogens with zero attached hydrogens (tertiary/aromatic N) is 2. The number of fused-ring (bicyclic) bond motifs is 1. The van der Waals surface area contributed by atoms with Gasteiger partial charge in [-0.2, -0.15) is 4.31 Å². The molecule has 0 aliphatic carbocycles. The molecular weight excluding hydrogens is 529 g/mol. The third-order valence-electron chi connectivity index (χ3n) is 6.68. The Morgan fingerprint density at radius 3 is 2.17 bits per heavy atom. The Hall–Kier alpha value is -4.08. The lowest BCUT2D eigenvalue weighted by Crippen LogP contribution is -2.53. The van der Waals surface area contributed by atoms with Gasteiger partial charge in [-0.1, -0.05) is 72.8 Å². The van der Waals surface area contributed by atoms with Gasteiger partial charge in [0.25, 0.3) is 0 Å². The second kappa shape index (κ2) is 12.8. The van der Waals surface area contributed by atoms with Gasteiger partial charge in [0, 0.05) is 26.6 Å². The van der Waals surface area contributed by atoms with Crippen LogP contribution in [0.2, 0.25) is 0 Å². The average Bonchev–Trinajstić information content (AvgIpc) is 2.96. The van der Waals surface area contributed by atoms with Crippen molar-refractivity contribution < 1.29 is 22.4 Å². The average molecular weight is 562 g/mol. The minimum absolute atomic E-state index is 0.00237. The topological polar surface area (TPSA) is 86.8 Å². The van der Waals surface area contributed by atoms with Crippen LogP contribution in [0.4, 0.5) is 4.39 Å². The van der Waals surface area contributed by atoms with E-state index in [1.54, 1.807) is 31.2 Å². The van der Waals surface area contributed by atoms with Crippen LogP contribution in [0.3, 0.4) is 0 Å². The molecule has 0 aliphatic rings. The van der Waals surface area contributed by atoms with Crippen molar-refractivity contribution in [3.05, 3.63) is 114 Å². The van der Waals surface area contributed by atoms with Gasteiger partial charge in [0.15, 0.2) is 0 Å². The molecule has 9 heteroatoms. The van der Waals surface area contributed by atoms with Gasteiger partial charge < -0.3 is 10.2 Å². The molecule has 1 N–H and O–H groups in total. The molecule has 0 saturated heterocycles. The van der Waals surface area contributed by atoms with Crippen molar-refractivity contribution in [2.24, 2.45) is 0 Å². The van der Waals surface area contributed by atoms with Gasteiger partial charge in [-0.05, 0) is 53.1 Å². The molecule has 4 aromatic rings. The minimum atomic E-state index is -4.02. The number of likely N-dealkylation sites (N-methyl/N-ethyl adjacent to an activating group) is 2. The Labute approximate surface area is 234 Å². The van der Waals surface area contributed by atoms with Crippen molar-refractivity contribution in [1.82, 2.24) is 14.5 Å². The van der Waals surface area contributed by atoms with Gasteiger partial charge in [-0.25, -0.2) is 12.8 Å². The summed E-state index contributed by atoms with van der Waals surface area (Å²) in [6, 6.07) is 26.3. The van der Waals surface area contributed by atoms with Crippen LogP contribution in [0.1, 0.15) is 18.1 Å². The predicted octanol–water partition coefficient (Wildman–Crippen LogP) is 4.38. The zero-order valence-corrected chi connectivity index (χ0v) is 23.3. The molecule has 1 unspecified atom stereocenters. The van der Waals surface area contributed by atoms with Crippen molar-refractivity contribution in [2.45, 2.75) is 30.8 Å². The molecule has 2 amide bonds. The SMILES string of the molecule is CCNC(=O)C(Cc1ccccc1)N(Cc1ccc(F)cc1)C(=O)CN(C)S(=O)(=O)c1ccc2ccccc2c1. The fraction of sp³-hybridized carbons (Fsp3) is 0.226. The lowest BCUT2D eigenvalue weighted by atomic mass is 10.0. The van der Waals surface area contributed by atoms with E-state index in [1.807, 2.05) is 54.6 Å². The van der Waals surface area contributed by atoms with E-state index in [-0.39, 0.29) is 23.8 Å². The zero-order valence-electron chi connectivity index (χ0n) is 22.5. The highest BCUT2D eigenvalue weighted by atomic mass is 32.2. The summed E-state index contributed by atoms with van der Waals surface area (Å²) in [5.74, 6) is -1.34. The number of sulfonamides is 1. The molecule has 208 valence electrons. The summed E-state index contributed by atoms with van der Waals surface area (Å²) in [4.78, 5) is 28.5. The van der Waals surface area contributed by atoms with E-state index in [2.05, 4.69) is 5.32 Å². The number of hydrogen-bond acceptors (Lipinski definition) is 4. The first kappa shape index (κ1) is 28.9. The van der Waals surface area contributed by atoms with Gasteiger partial charge in [0.05, 0.1) is 11.4 Å². The van der Waals surface area contributed by atoms with E-state index in [1.165, 1.54) is 30.1 Å². The number of carbonyl (C=O) groups is 2. The number of hydrogen-bond donors (Lipinski definition) is 1. The molecule has 0 saturated carbocycles. The normalized spacial score (nSPS) is 12.3.